The fourth-order valence-electron chi connectivity index (χ4n) is 1.81. The Morgan fingerprint density at radius 1 is 1.19 bits per heavy atom. The Balaban J connectivity index is 2.91. The molecule has 0 saturated heterocycles. The molecular weight excluding hydrogens is 294 g/mol. The zero-order chi connectivity index (χ0) is 16.0. The van der Waals surface area contributed by atoms with Crippen molar-refractivity contribution in [3.63, 3.8) is 0 Å². The van der Waals surface area contributed by atoms with Gasteiger partial charge in [-0.3, -0.25) is 10.1 Å². The highest BCUT2D eigenvalue weighted by Gasteiger charge is 2.21. The third-order valence-corrected chi connectivity index (χ3v) is 4.58. The standard InChI is InChI=1S/C13H21N3O4S/c1-4-5-14-6-7-15-21(19,20)12-8-10(2)11(3)13(9-12)16(17)18/h8-9,14-15H,4-7H2,1-3H3. The van der Waals surface area contributed by atoms with Crippen molar-refractivity contribution in [1.82, 2.24) is 10.0 Å². The van der Waals surface area contributed by atoms with Crippen LogP contribution in [-0.2, 0) is 10.0 Å². The predicted molar refractivity (Wildman–Crippen MR) is 80.9 cm³/mol. The van der Waals surface area contributed by atoms with Gasteiger partial charge in [0.05, 0.1) is 9.82 Å². The molecule has 0 radical (unpaired) electrons. The number of sulfonamides is 1. The summed E-state index contributed by atoms with van der Waals surface area (Å²) in [5.74, 6) is 0. The molecule has 0 saturated carbocycles. The molecule has 8 heteroatoms. The van der Waals surface area contributed by atoms with E-state index in [1.54, 1.807) is 13.8 Å². The fraction of sp³-hybridized carbons (Fsp3) is 0.538. The van der Waals surface area contributed by atoms with Gasteiger partial charge in [0.1, 0.15) is 0 Å². The molecule has 1 aromatic rings. The minimum atomic E-state index is -3.74. The molecule has 0 fully saturated rings. The maximum atomic E-state index is 12.1. The molecule has 1 rings (SSSR count). The lowest BCUT2D eigenvalue weighted by Crippen LogP contribution is -2.32. The van der Waals surface area contributed by atoms with Crippen molar-refractivity contribution in [3.05, 3.63) is 33.4 Å². The third-order valence-electron chi connectivity index (χ3n) is 3.14. The van der Waals surface area contributed by atoms with E-state index in [0.29, 0.717) is 17.7 Å². The van der Waals surface area contributed by atoms with E-state index in [9.17, 15) is 18.5 Å². The Bertz CT molecular complexity index is 614. The third kappa shape index (κ3) is 4.76. The van der Waals surface area contributed by atoms with Gasteiger partial charge in [0.2, 0.25) is 10.0 Å². The lowest BCUT2D eigenvalue weighted by molar-refractivity contribution is -0.385. The van der Waals surface area contributed by atoms with Crippen molar-refractivity contribution in [2.75, 3.05) is 19.6 Å². The monoisotopic (exact) mass is 315 g/mol. The molecular formula is C13H21N3O4S. The van der Waals surface area contributed by atoms with Gasteiger partial charge in [-0.2, -0.15) is 0 Å². The Labute approximate surface area is 124 Å². The molecule has 2 N–H and O–H groups in total. The summed E-state index contributed by atoms with van der Waals surface area (Å²) in [5, 5.41) is 14.0. The number of nitrogens with one attached hydrogen (secondary N) is 2. The SMILES string of the molecule is CCCNCCNS(=O)(=O)c1cc(C)c(C)c([N+](=O)[O-])c1. The van der Waals surface area contributed by atoms with Crippen LogP contribution in [0.2, 0.25) is 0 Å². The molecule has 0 aromatic heterocycles. The van der Waals surface area contributed by atoms with Crippen LogP contribution in [0.1, 0.15) is 24.5 Å². The van der Waals surface area contributed by atoms with Crippen molar-refractivity contribution < 1.29 is 13.3 Å². The summed E-state index contributed by atoms with van der Waals surface area (Å²) in [6.07, 6.45) is 0.968. The van der Waals surface area contributed by atoms with Gasteiger partial charge in [-0.25, -0.2) is 13.1 Å². The van der Waals surface area contributed by atoms with Crippen molar-refractivity contribution in [1.29, 1.82) is 0 Å². The maximum Gasteiger partial charge on any atom is 0.273 e. The molecule has 0 aliphatic heterocycles. The van der Waals surface area contributed by atoms with Gasteiger partial charge in [-0.15, -0.1) is 0 Å². The van der Waals surface area contributed by atoms with Gasteiger partial charge in [0, 0.05) is 24.7 Å². The van der Waals surface area contributed by atoms with Crippen LogP contribution in [0.15, 0.2) is 17.0 Å². The Hall–Kier alpha value is -1.51. The number of hydrogen-bond donors (Lipinski definition) is 2. The summed E-state index contributed by atoms with van der Waals surface area (Å²) >= 11 is 0. The van der Waals surface area contributed by atoms with E-state index >= 15 is 0 Å². The van der Waals surface area contributed by atoms with Crippen LogP contribution in [0.4, 0.5) is 5.69 Å². The number of nitro groups is 1. The van der Waals surface area contributed by atoms with Crippen LogP contribution < -0.4 is 10.0 Å². The lowest BCUT2D eigenvalue weighted by Gasteiger charge is -2.09. The molecule has 1 aromatic carbocycles. The molecule has 0 atom stereocenters. The Kier molecular flexibility index (Phi) is 6.25. The van der Waals surface area contributed by atoms with E-state index in [-0.39, 0.29) is 17.1 Å². The van der Waals surface area contributed by atoms with Crippen molar-refractivity contribution in [3.8, 4) is 0 Å². The first kappa shape index (κ1) is 17.5. The number of rotatable bonds is 8. The second-order valence-corrected chi connectivity index (χ2v) is 6.56. The van der Waals surface area contributed by atoms with E-state index in [2.05, 4.69) is 10.0 Å². The summed E-state index contributed by atoms with van der Waals surface area (Å²) < 4.78 is 26.7. The van der Waals surface area contributed by atoms with Crippen LogP contribution >= 0.6 is 0 Å². The molecule has 0 spiro atoms. The largest absolute Gasteiger partial charge is 0.315 e. The molecule has 0 aliphatic rings. The maximum absolute atomic E-state index is 12.1. The highest BCUT2D eigenvalue weighted by molar-refractivity contribution is 7.89. The molecule has 0 bridgehead atoms. The molecule has 0 unspecified atom stereocenters. The van der Waals surface area contributed by atoms with Gasteiger partial charge in [0.25, 0.3) is 5.69 Å². The van der Waals surface area contributed by atoms with E-state index < -0.39 is 14.9 Å². The van der Waals surface area contributed by atoms with Gasteiger partial charge < -0.3 is 5.32 Å². The first-order valence-corrected chi connectivity index (χ1v) is 8.24. The molecule has 0 amide bonds. The minimum Gasteiger partial charge on any atom is -0.315 e. The number of hydrogen-bond acceptors (Lipinski definition) is 5. The van der Waals surface area contributed by atoms with E-state index in [1.807, 2.05) is 6.92 Å². The zero-order valence-corrected chi connectivity index (χ0v) is 13.3. The highest BCUT2D eigenvalue weighted by atomic mass is 32.2. The molecule has 7 nitrogen and oxygen atoms in total. The topological polar surface area (TPSA) is 101 Å². The normalized spacial score (nSPS) is 11.6. The second kappa shape index (κ2) is 7.48. The smallest absolute Gasteiger partial charge is 0.273 e. The Morgan fingerprint density at radius 3 is 2.43 bits per heavy atom. The van der Waals surface area contributed by atoms with E-state index in [4.69, 9.17) is 0 Å². The lowest BCUT2D eigenvalue weighted by atomic mass is 10.1. The van der Waals surface area contributed by atoms with Gasteiger partial charge in [0.15, 0.2) is 0 Å². The first-order valence-electron chi connectivity index (χ1n) is 6.75. The highest BCUT2D eigenvalue weighted by Crippen LogP contribution is 2.25. The van der Waals surface area contributed by atoms with E-state index in [0.717, 1.165) is 19.0 Å². The summed E-state index contributed by atoms with van der Waals surface area (Å²) in [7, 11) is -3.74. The number of aryl methyl sites for hydroxylation is 1. The molecule has 21 heavy (non-hydrogen) atoms. The Morgan fingerprint density at radius 2 is 1.86 bits per heavy atom. The van der Waals surface area contributed by atoms with Gasteiger partial charge in [-0.1, -0.05) is 6.92 Å². The summed E-state index contributed by atoms with van der Waals surface area (Å²) in [5.41, 5.74) is 0.872. The first-order chi connectivity index (χ1) is 9.79. The van der Waals surface area contributed by atoms with Crippen LogP contribution in [0, 0.1) is 24.0 Å². The summed E-state index contributed by atoms with van der Waals surface area (Å²) in [4.78, 5) is 10.3. The molecule has 0 aliphatic carbocycles. The summed E-state index contributed by atoms with van der Waals surface area (Å²) in [6.45, 7) is 6.85. The number of nitrogens with zero attached hydrogens (tertiary/aromatic N) is 1. The average molecular weight is 315 g/mol. The minimum absolute atomic E-state index is 0.0761. The second-order valence-electron chi connectivity index (χ2n) is 4.79. The van der Waals surface area contributed by atoms with Crippen molar-refractivity contribution in [2.45, 2.75) is 32.1 Å². The predicted octanol–water partition coefficient (Wildman–Crippen LogP) is 1.49. The van der Waals surface area contributed by atoms with Crippen LogP contribution in [0.3, 0.4) is 0 Å². The fourth-order valence-corrected chi connectivity index (χ4v) is 2.95. The zero-order valence-electron chi connectivity index (χ0n) is 12.5. The number of benzene rings is 1. The van der Waals surface area contributed by atoms with Crippen molar-refractivity contribution >= 4 is 15.7 Å². The number of nitro benzene ring substituents is 1. The molecule has 118 valence electrons. The van der Waals surface area contributed by atoms with Crippen LogP contribution in [0.25, 0.3) is 0 Å². The average Bonchev–Trinajstić information content (AvgIpc) is 2.40. The van der Waals surface area contributed by atoms with Crippen molar-refractivity contribution in [2.24, 2.45) is 0 Å². The van der Waals surface area contributed by atoms with Gasteiger partial charge in [-0.05, 0) is 38.4 Å². The summed E-state index contributed by atoms with van der Waals surface area (Å²) in [6, 6.07) is 2.55. The molecule has 0 heterocycles. The van der Waals surface area contributed by atoms with E-state index in [1.165, 1.54) is 6.07 Å². The van der Waals surface area contributed by atoms with Crippen LogP contribution in [0.5, 0.6) is 0 Å². The quantitative estimate of drug-likeness (QED) is 0.430. The van der Waals surface area contributed by atoms with Crippen LogP contribution in [-0.4, -0.2) is 33.0 Å². The van der Waals surface area contributed by atoms with Gasteiger partial charge >= 0.3 is 0 Å².